The minimum absolute atomic E-state index is 0.404. The molecule has 2 aliphatic rings. The summed E-state index contributed by atoms with van der Waals surface area (Å²) in [5.74, 6) is 0. The Labute approximate surface area is 213 Å². The number of nitrogens with zero attached hydrogens (tertiary/aromatic N) is 2. The first-order chi connectivity index (χ1) is 16.8. The third-order valence-corrected chi connectivity index (χ3v) is 18.3. The van der Waals surface area contributed by atoms with Gasteiger partial charge in [-0.25, -0.2) is 0 Å². The number of hydrogen-bond donors (Lipinski definition) is 0. The molecule has 4 aromatic rings. The number of rotatable bonds is 6. The summed E-state index contributed by atoms with van der Waals surface area (Å²) in [6.45, 7) is 1.08. The van der Waals surface area contributed by atoms with Crippen molar-refractivity contribution in [1.82, 2.24) is 3.64 Å². The predicted molar refractivity (Wildman–Crippen MR) is 140 cm³/mol. The molecule has 0 fully saturated rings. The fraction of sp³-hybridized carbons (Fsp3) is 0.207. The van der Waals surface area contributed by atoms with E-state index in [4.69, 9.17) is 9.69 Å². The molecule has 0 bridgehead atoms. The Morgan fingerprint density at radius 3 is 2.09 bits per heavy atom. The van der Waals surface area contributed by atoms with E-state index in [1.54, 1.807) is 0 Å². The Morgan fingerprint density at radius 2 is 1.44 bits per heavy atom. The Hall–Kier alpha value is -1.89. The quantitative estimate of drug-likeness (QED) is 0.219. The first-order valence-electron chi connectivity index (χ1n) is 12.4. The zero-order valence-electron chi connectivity index (χ0n) is 19.4. The Kier molecular flexibility index (Phi) is 6.64. The monoisotopic (exact) mass is 534 g/mol. The van der Waals surface area contributed by atoms with Gasteiger partial charge in [0.2, 0.25) is 0 Å². The molecule has 0 N–H and O–H groups in total. The van der Waals surface area contributed by atoms with E-state index in [0.29, 0.717) is 6.04 Å². The van der Waals surface area contributed by atoms with Crippen LogP contribution in [0, 0.1) is 0 Å². The Morgan fingerprint density at radius 1 is 0.824 bits per heavy atom. The molecule has 1 unspecified atom stereocenters. The number of aromatic nitrogens is 1. The summed E-state index contributed by atoms with van der Waals surface area (Å²) in [5.41, 5.74) is 5.66. The maximum atomic E-state index is 7.52. The van der Waals surface area contributed by atoms with Crippen molar-refractivity contribution in [3.8, 4) is 11.3 Å². The van der Waals surface area contributed by atoms with Gasteiger partial charge in [0.05, 0.1) is 0 Å². The van der Waals surface area contributed by atoms with Gasteiger partial charge in [0.25, 0.3) is 0 Å². The summed E-state index contributed by atoms with van der Waals surface area (Å²) in [6.07, 6.45) is 4.84. The van der Waals surface area contributed by atoms with Gasteiger partial charge in [0.1, 0.15) is 0 Å². The minimum atomic E-state index is -2.70. The molecule has 0 saturated heterocycles. The first-order valence-corrected chi connectivity index (χ1v) is 20.5. The van der Waals surface area contributed by atoms with E-state index >= 15 is 0 Å². The fourth-order valence-corrected chi connectivity index (χ4v) is 17.4. The molecule has 1 aliphatic carbocycles. The van der Waals surface area contributed by atoms with Crippen LogP contribution in [0.3, 0.4) is 0 Å². The van der Waals surface area contributed by atoms with Gasteiger partial charge in [-0.3, -0.25) is 0 Å². The van der Waals surface area contributed by atoms with E-state index in [0.717, 1.165) is 12.7 Å². The van der Waals surface area contributed by atoms with E-state index in [2.05, 4.69) is 110 Å². The van der Waals surface area contributed by atoms with Crippen molar-refractivity contribution in [1.29, 1.82) is 0 Å². The molecule has 1 atom stereocenters. The van der Waals surface area contributed by atoms with Crippen LogP contribution in [0.15, 0.2) is 103 Å². The molecule has 5 heteroatoms. The van der Waals surface area contributed by atoms with Crippen molar-refractivity contribution >= 4 is 28.2 Å². The van der Waals surface area contributed by atoms with Gasteiger partial charge in [-0.15, -0.1) is 0 Å². The van der Waals surface area contributed by atoms with Gasteiger partial charge in [-0.05, 0) is 0 Å². The van der Waals surface area contributed by atoms with E-state index in [1.807, 2.05) is 0 Å². The van der Waals surface area contributed by atoms with Crippen molar-refractivity contribution in [2.45, 2.75) is 25.3 Å². The van der Waals surface area contributed by atoms with Gasteiger partial charge in [0.15, 0.2) is 0 Å². The van der Waals surface area contributed by atoms with Crippen LogP contribution in [0.25, 0.3) is 11.3 Å². The van der Waals surface area contributed by atoms with Crippen LogP contribution in [0.4, 0.5) is 0 Å². The molecule has 6 rings (SSSR count). The van der Waals surface area contributed by atoms with Crippen LogP contribution >= 0.6 is 17.6 Å². The van der Waals surface area contributed by atoms with Crippen LogP contribution in [0.1, 0.15) is 30.1 Å². The molecule has 3 aromatic carbocycles. The first kappa shape index (κ1) is 22.6. The molecule has 0 saturated carbocycles. The number of halogens is 1. The Balaban J connectivity index is 1.34. The summed E-state index contributed by atoms with van der Waals surface area (Å²) in [6, 6.07) is 38.2. The van der Waals surface area contributed by atoms with Gasteiger partial charge < -0.3 is 0 Å². The molecular formula is C29H28ClN2PZn+. The second-order valence-corrected chi connectivity index (χ2v) is 18.8. The number of aryl methyl sites for hydroxylation is 1. The molecule has 0 amide bonds. The molecule has 2 heterocycles. The predicted octanol–water partition coefficient (Wildman–Crippen LogP) is 5.92. The Bertz CT molecular complexity index is 1230. The van der Waals surface area contributed by atoms with Gasteiger partial charge in [-0.2, -0.15) is 0 Å². The van der Waals surface area contributed by atoms with Crippen LogP contribution in [0.5, 0.6) is 0 Å². The molecular weight excluding hydrogens is 508 g/mol. The van der Waals surface area contributed by atoms with Crippen molar-refractivity contribution in [2.24, 2.45) is 0 Å². The summed E-state index contributed by atoms with van der Waals surface area (Å²) in [4.78, 5) is 0. The zero-order chi connectivity index (χ0) is 22.9. The van der Waals surface area contributed by atoms with Crippen molar-refractivity contribution in [3.63, 3.8) is 0 Å². The third kappa shape index (κ3) is 4.18. The molecule has 0 spiro atoms. The summed E-state index contributed by atoms with van der Waals surface area (Å²) >= 11 is -2.70. The normalized spacial score (nSPS) is 17.2. The number of hydrogen-bond acceptors (Lipinski definition) is 1. The van der Waals surface area contributed by atoms with Gasteiger partial charge >= 0.3 is 214 Å². The SMILES string of the molecule is [Cl][Zn]1[N](CCP(c2ccccc2)c2ccccc2)C2CCCc3ccc(-c4ccccc4)[n+]1c32. The molecule has 2 nitrogen and oxygen atoms in total. The van der Waals surface area contributed by atoms with E-state index in [9.17, 15) is 0 Å². The molecule has 0 radical (unpaired) electrons. The van der Waals surface area contributed by atoms with Crippen molar-refractivity contribution in [3.05, 3.63) is 114 Å². The number of pyridine rings is 1. The summed E-state index contributed by atoms with van der Waals surface area (Å²) in [5, 5.41) is 2.92. The molecule has 1 aromatic heterocycles. The summed E-state index contributed by atoms with van der Waals surface area (Å²) in [7, 11) is 7.11. The topological polar surface area (TPSA) is 7.12 Å². The van der Waals surface area contributed by atoms with Crippen LogP contribution < -0.4 is 13.9 Å². The van der Waals surface area contributed by atoms with Crippen LogP contribution in [-0.4, -0.2) is 16.3 Å². The van der Waals surface area contributed by atoms with Gasteiger partial charge in [-0.1, -0.05) is 0 Å². The second kappa shape index (κ2) is 10.0. The van der Waals surface area contributed by atoms with E-state index < -0.39 is 23.4 Å². The molecule has 167 valence electrons. The van der Waals surface area contributed by atoms with Crippen molar-refractivity contribution < 1.29 is 18.7 Å². The van der Waals surface area contributed by atoms with Crippen molar-refractivity contribution in [2.75, 3.05) is 12.7 Å². The maximum absolute atomic E-state index is 7.52. The van der Waals surface area contributed by atoms with Crippen LogP contribution in [-0.2, 0) is 21.9 Å². The van der Waals surface area contributed by atoms with Gasteiger partial charge in [0, 0.05) is 0 Å². The van der Waals surface area contributed by atoms with E-state index in [1.165, 1.54) is 52.4 Å². The molecule has 1 aliphatic heterocycles. The zero-order valence-corrected chi connectivity index (χ0v) is 24.0. The number of benzene rings is 3. The average Bonchev–Trinajstić information content (AvgIpc) is 3.19. The average molecular weight is 536 g/mol. The van der Waals surface area contributed by atoms with E-state index in [-0.39, 0.29) is 0 Å². The summed E-state index contributed by atoms with van der Waals surface area (Å²) < 4.78 is 5.40. The van der Waals surface area contributed by atoms with Crippen LogP contribution in [0.2, 0.25) is 0 Å². The second-order valence-electron chi connectivity index (χ2n) is 9.35. The fourth-order valence-electron chi connectivity index (χ4n) is 5.88. The standard InChI is InChI=1S/C29H28N2P.ClH.Zn/c1-4-11-23(12-5-1)27-20-19-24-13-10-18-28(29(24)31-27)30-21-22-32(25-14-6-2-7-15-25)26-16-8-3-9-17-26;;/h1-9,11-12,14-17,19-20,28H,10,13,18,21-22H2;1H;/q-1;;+3/p-1. The third-order valence-electron chi connectivity index (χ3n) is 7.45. The molecule has 34 heavy (non-hydrogen) atoms.